The predicted molar refractivity (Wildman–Crippen MR) is 49.4 cm³/mol. The fraction of sp³-hybridized carbons (Fsp3) is 0.714. The van der Waals surface area contributed by atoms with Gasteiger partial charge >= 0.3 is 11.9 Å². The second kappa shape index (κ2) is 5.58. The Morgan fingerprint density at radius 2 is 1.93 bits per heavy atom. The van der Waals surface area contributed by atoms with Crippen LogP contribution in [0.15, 0.2) is 0 Å². The van der Waals surface area contributed by atoms with E-state index in [-0.39, 0.29) is 18.1 Å². The summed E-state index contributed by atoms with van der Waals surface area (Å²) in [5, 5.41) is 2.13. The van der Waals surface area contributed by atoms with Gasteiger partial charge < -0.3 is 10.1 Å². The Bertz CT molecular complexity index is 308. The van der Waals surface area contributed by atoms with Crippen molar-refractivity contribution in [3.63, 3.8) is 0 Å². The molecule has 0 spiro atoms. The molecule has 0 unspecified atom stereocenters. The average Bonchev–Trinajstić information content (AvgIpc) is 2.16. The second-order valence-electron chi connectivity index (χ2n) is 2.48. The third kappa shape index (κ3) is 4.80. The Hall–Kier alpha value is -1.11. The standard InChI is InChI=1S/C7H13NO5S/c1-3-14(11,12)5-4-8-6(9)7(10)13-2/h3-5H2,1-2H3,(H,8,9). The van der Waals surface area contributed by atoms with Crippen molar-refractivity contribution in [3.8, 4) is 0 Å². The average molecular weight is 223 g/mol. The zero-order valence-corrected chi connectivity index (χ0v) is 8.89. The molecular weight excluding hydrogens is 210 g/mol. The third-order valence-electron chi connectivity index (χ3n) is 1.51. The summed E-state index contributed by atoms with van der Waals surface area (Å²) >= 11 is 0. The topological polar surface area (TPSA) is 89.5 Å². The van der Waals surface area contributed by atoms with Crippen LogP contribution < -0.4 is 5.32 Å². The molecule has 0 bridgehead atoms. The Labute approximate surface area is 82.5 Å². The van der Waals surface area contributed by atoms with Crippen LogP contribution in [-0.2, 0) is 24.2 Å². The van der Waals surface area contributed by atoms with Crippen LogP contribution >= 0.6 is 0 Å². The van der Waals surface area contributed by atoms with Crippen molar-refractivity contribution in [1.82, 2.24) is 5.32 Å². The van der Waals surface area contributed by atoms with Gasteiger partial charge in [0.1, 0.15) is 0 Å². The summed E-state index contributed by atoms with van der Waals surface area (Å²) in [5.41, 5.74) is 0. The summed E-state index contributed by atoms with van der Waals surface area (Å²) in [5.74, 6) is -2.12. The van der Waals surface area contributed by atoms with Crippen molar-refractivity contribution >= 4 is 21.7 Å². The molecule has 0 aromatic carbocycles. The maximum Gasteiger partial charge on any atom is 0.396 e. The number of carbonyl (C=O) groups excluding carboxylic acids is 2. The van der Waals surface area contributed by atoms with Crippen molar-refractivity contribution in [3.05, 3.63) is 0 Å². The minimum Gasteiger partial charge on any atom is -0.462 e. The highest BCUT2D eigenvalue weighted by Crippen LogP contribution is 1.87. The van der Waals surface area contributed by atoms with Crippen LogP contribution in [0, 0.1) is 0 Å². The molecule has 0 aliphatic rings. The lowest BCUT2D eigenvalue weighted by molar-refractivity contribution is -0.152. The molecule has 7 heteroatoms. The highest BCUT2D eigenvalue weighted by molar-refractivity contribution is 7.91. The summed E-state index contributed by atoms with van der Waals surface area (Å²) in [6, 6.07) is 0. The molecule has 0 heterocycles. The number of hydrogen-bond donors (Lipinski definition) is 1. The van der Waals surface area contributed by atoms with Gasteiger partial charge in [0.15, 0.2) is 9.84 Å². The van der Waals surface area contributed by atoms with Gasteiger partial charge in [0.05, 0.1) is 12.9 Å². The summed E-state index contributed by atoms with van der Waals surface area (Å²) in [7, 11) is -2.04. The van der Waals surface area contributed by atoms with Crippen LogP contribution in [-0.4, -0.2) is 45.5 Å². The lowest BCUT2D eigenvalue weighted by Crippen LogP contribution is -2.35. The number of methoxy groups -OCH3 is 1. The number of carbonyl (C=O) groups is 2. The van der Waals surface area contributed by atoms with Crippen LogP contribution in [0.4, 0.5) is 0 Å². The summed E-state index contributed by atoms with van der Waals surface area (Å²) in [6.45, 7) is 1.43. The first kappa shape index (κ1) is 12.9. The number of esters is 1. The fourth-order valence-electron chi connectivity index (χ4n) is 0.629. The molecule has 0 aliphatic heterocycles. The van der Waals surface area contributed by atoms with Crippen LogP contribution in [0.1, 0.15) is 6.92 Å². The minimum atomic E-state index is -3.11. The van der Waals surface area contributed by atoms with E-state index in [0.29, 0.717) is 0 Å². The molecule has 0 aromatic rings. The first-order chi connectivity index (χ1) is 6.43. The van der Waals surface area contributed by atoms with Gasteiger partial charge in [-0.25, -0.2) is 13.2 Å². The summed E-state index contributed by atoms with van der Waals surface area (Å²) in [6.07, 6.45) is 0. The summed E-state index contributed by atoms with van der Waals surface area (Å²) < 4.78 is 26.0. The van der Waals surface area contributed by atoms with Crippen molar-refractivity contribution in [2.75, 3.05) is 25.2 Å². The van der Waals surface area contributed by atoms with E-state index in [2.05, 4.69) is 10.1 Å². The van der Waals surface area contributed by atoms with E-state index in [1.54, 1.807) is 0 Å². The molecule has 0 rings (SSSR count). The van der Waals surface area contributed by atoms with Crippen molar-refractivity contribution in [2.45, 2.75) is 6.92 Å². The number of rotatable bonds is 4. The van der Waals surface area contributed by atoms with Gasteiger partial charge in [0, 0.05) is 12.3 Å². The van der Waals surface area contributed by atoms with Crippen LogP contribution in [0.2, 0.25) is 0 Å². The normalized spacial score (nSPS) is 10.7. The monoisotopic (exact) mass is 223 g/mol. The zero-order valence-electron chi connectivity index (χ0n) is 8.07. The number of sulfone groups is 1. The molecule has 14 heavy (non-hydrogen) atoms. The van der Waals surface area contributed by atoms with Gasteiger partial charge in [-0.2, -0.15) is 0 Å². The minimum absolute atomic E-state index is 0.0150. The van der Waals surface area contributed by atoms with E-state index in [0.717, 1.165) is 7.11 Å². The van der Waals surface area contributed by atoms with Gasteiger partial charge in [-0.15, -0.1) is 0 Å². The molecule has 0 saturated carbocycles. The van der Waals surface area contributed by atoms with Gasteiger partial charge in [0.2, 0.25) is 0 Å². The van der Waals surface area contributed by atoms with Gasteiger partial charge in [-0.05, 0) is 0 Å². The van der Waals surface area contributed by atoms with Crippen LogP contribution in [0.5, 0.6) is 0 Å². The molecule has 1 N–H and O–H groups in total. The molecule has 1 amide bonds. The van der Waals surface area contributed by atoms with E-state index >= 15 is 0 Å². The Morgan fingerprint density at radius 3 is 2.36 bits per heavy atom. The number of nitrogens with one attached hydrogen (secondary N) is 1. The highest BCUT2D eigenvalue weighted by Gasteiger charge is 2.14. The number of ether oxygens (including phenoxy) is 1. The molecule has 6 nitrogen and oxygen atoms in total. The lowest BCUT2D eigenvalue weighted by atomic mass is 10.6. The SMILES string of the molecule is CCS(=O)(=O)CCNC(=O)C(=O)OC. The summed E-state index contributed by atoms with van der Waals surface area (Å²) in [4.78, 5) is 21.3. The first-order valence-electron chi connectivity index (χ1n) is 3.99. The quantitative estimate of drug-likeness (QED) is 0.473. The van der Waals surface area contributed by atoms with Crippen molar-refractivity contribution in [1.29, 1.82) is 0 Å². The largest absolute Gasteiger partial charge is 0.462 e. The van der Waals surface area contributed by atoms with Crippen LogP contribution in [0.25, 0.3) is 0 Å². The van der Waals surface area contributed by atoms with Gasteiger partial charge in [-0.3, -0.25) is 4.79 Å². The maximum absolute atomic E-state index is 11.0. The van der Waals surface area contributed by atoms with E-state index in [4.69, 9.17) is 0 Å². The molecular formula is C7H13NO5S. The van der Waals surface area contributed by atoms with E-state index in [9.17, 15) is 18.0 Å². The number of amides is 1. The molecule has 0 radical (unpaired) electrons. The van der Waals surface area contributed by atoms with E-state index in [1.807, 2.05) is 0 Å². The highest BCUT2D eigenvalue weighted by atomic mass is 32.2. The number of hydrogen-bond acceptors (Lipinski definition) is 5. The van der Waals surface area contributed by atoms with E-state index in [1.165, 1.54) is 6.92 Å². The maximum atomic E-state index is 11.0. The first-order valence-corrected chi connectivity index (χ1v) is 5.81. The molecule has 0 aromatic heterocycles. The third-order valence-corrected chi connectivity index (χ3v) is 3.22. The molecule has 0 saturated heterocycles. The Kier molecular flexibility index (Phi) is 5.14. The van der Waals surface area contributed by atoms with Crippen LogP contribution in [0.3, 0.4) is 0 Å². The van der Waals surface area contributed by atoms with Crippen molar-refractivity contribution in [2.24, 2.45) is 0 Å². The Balaban J connectivity index is 3.87. The molecule has 0 fully saturated rings. The lowest BCUT2D eigenvalue weighted by Gasteiger charge is -2.03. The van der Waals surface area contributed by atoms with Gasteiger partial charge in [-0.1, -0.05) is 6.92 Å². The molecule has 0 atom stereocenters. The predicted octanol–water partition coefficient (Wildman–Crippen LogP) is -1.29. The van der Waals surface area contributed by atoms with Crippen molar-refractivity contribution < 1.29 is 22.7 Å². The molecule has 82 valence electrons. The second-order valence-corrected chi connectivity index (χ2v) is 4.96. The van der Waals surface area contributed by atoms with Gasteiger partial charge in [0.25, 0.3) is 0 Å². The smallest absolute Gasteiger partial charge is 0.396 e. The Morgan fingerprint density at radius 1 is 1.36 bits per heavy atom. The zero-order chi connectivity index (χ0) is 11.2. The molecule has 0 aliphatic carbocycles. The fourth-order valence-corrected chi connectivity index (χ4v) is 1.33. The van der Waals surface area contributed by atoms with E-state index < -0.39 is 21.7 Å².